The van der Waals surface area contributed by atoms with Gasteiger partial charge in [0.15, 0.2) is 0 Å². The normalized spacial score (nSPS) is 18.9. The summed E-state index contributed by atoms with van der Waals surface area (Å²) in [6.45, 7) is 0. The van der Waals surface area contributed by atoms with Crippen LogP contribution in [0.15, 0.2) is 23.6 Å². The first-order chi connectivity index (χ1) is 3.80. The molecule has 1 heterocycles. The lowest BCUT2D eigenvalue weighted by Crippen LogP contribution is -2.13. The molecule has 44 valence electrons. The van der Waals surface area contributed by atoms with E-state index in [0.29, 0.717) is 0 Å². The number of allylic oxidation sites excluding steroid dienone is 2. The predicted octanol–water partition coefficient (Wildman–Crippen LogP) is 1.76. The van der Waals surface area contributed by atoms with Crippen LogP contribution in [0.3, 0.4) is 0 Å². The van der Waals surface area contributed by atoms with Crippen molar-refractivity contribution in [3.8, 4) is 0 Å². The Kier molecular flexibility index (Phi) is 2.17. The number of hydrogen-bond acceptors (Lipinski definition) is 0. The number of hydrogen-bond donors (Lipinski definition) is 0. The number of rotatable bonds is 1. The quantitative estimate of drug-likeness (QED) is 0.410. The lowest BCUT2D eigenvalue weighted by molar-refractivity contribution is 1.84. The van der Waals surface area contributed by atoms with Crippen LogP contribution in [-0.4, -0.2) is 13.3 Å². The van der Waals surface area contributed by atoms with E-state index in [0.717, 1.165) is 0 Å². The van der Waals surface area contributed by atoms with Gasteiger partial charge in [0.2, 0.25) is 0 Å². The summed E-state index contributed by atoms with van der Waals surface area (Å²) in [5.41, 5.74) is 4.23. The fraction of sp³-hybridized carbons (Fsp3) is 0.200. The molecule has 3 heteroatoms. The Morgan fingerprint density at radius 1 is 1.12 bits per heavy atom. The zero-order valence-corrected chi connectivity index (χ0v) is 6.89. The van der Waals surface area contributed by atoms with Gasteiger partial charge in [-0.1, -0.05) is 23.6 Å². The second-order valence-electron chi connectivity index (χ2n) is 1.68. The van der Waals surface area contributed by atoms with Crippen molar-refractivity contribution < 1.29 is 0 Å². The lowest BCUT2D eigenvalue weighted by Gasteiger charge is -1.99. The fourth-order valence-electron chi connectivity index (χ4n) is 0.617. The van der Waals surface area contributed by atoms with E-state index in [2.05, 4.69) is 11.4 Å². The second kappa shape index (κ2) is 2.71. The van der Waals surface area contributed by atoms with Crippen LogP contribution < -0.4 is 0 Å². The van der Waals surface area contributed by atoms with Gasteiger partial charge in [-0.05, 0) is 0 Å². The zero-order valence-electron chi connectivity index (χ0n) is 4.22. The Morgan fingerprint density at radius 2 is 1.62 bits per heavy atom. The smallest absolute Gasteiger partial charge is 0.109 e. The van der Waals surface area contributed by atoms with Gasteiger partial charge in [0.25, 0.3) is 0 Å². The molecule has 0 unspecified atom stereocenters. The Hall–Kier alpha value is 0.277. The summed E-state index contributed by atoms with van der Waals surface area (Å²) in [4.78, 5) is 0. The topological polar surface area (TPSA) is 0 Å². The zero-order chi connectivity index (χ0) is 5.98. The third-order valence-corrected chi connectivity index (χ3v) is 4.73. The first-order valence-corrected chi connectivity index (χ1v) is 5.31. The molecule has 0 amide bonds. The molecule has 0 saturated heterocycles. The summed E-state index contributed by atoms with van der Waals surface area (Å²) in [7, 11) is -0.985. The average molecular weight is 165 g/mol. The van der Waals surface area contributed by atoms with Crippen molar-refractivity contribution in [2.45, 2.75) is 4.46 Å². The van der Waals surface area contributed by atoms with Crippen LogP contribution in [0.1, 0.15) is 0 Å². The van der Waals surface area contributed by atoms with Gasteiger partial charge in [-0.25, -0.2) is 0 Å². The molecule has 0 bridgehead atoms. The van der Waals surface area contributed by atoms with E-state index in [-0.39, 0.29) is 4.46 Å². The van der Waals surface area contributed by atoms with Gasteiger partial charge < -0.3 is 0 Å². The van der Waals surface area contributed by atoms with Gasteiger partial charge in [0.1, 0.15) is 13.3 Å². The summed E-state index contributed by atoms with van der Waals surface area (Å²) in [5.74, 6) is 0. The van der Waals surface area contributed by atoms with Crippen LogP contribution in [0.2, 0.25) is 0 Å². The summed E-state index contributed by atoms with van der Waals surface area (Å²) in [5, 5.41) is 0. The van der Waals surface area contributed by atoms with Gasteiger partial charge in [0.05, 0.1) is 0 Å². The Labute approximate surface area is 60.4 Å². The van der Waals surface area contributed by atoms with Crippen LogP contribution >= 0.6 is 23.2 Å². The highest BCUT2D eigenvalue weighted by Gasteiger charge is 2.13. The van der Waals surface area contributed by atoms with E-state index in [9.17, 15) is 0 Å². The molecule has 0 aromatic rings. The van der Waals surface area contributed by atoms with Crippen molar-refractivity contribution in [2.24, 2.45) is 0 Å². The molecule has 0 radical (unpaired) electrons. The van der Waals surface area contributed by atoms with Gasteiger partial charge in [-0.2, -0.15) is 0 Å². The largest absolute Gasteiger partial charge is 0.123 e. The number of alkyl halides is 2. The fourth-order valence-corrected chi connectivity index (χ4v) is 2.86. The van der Waals surface area contributed by atoms with Crippen LogP contribution in [0.25, 0.3) is 0 Å². The molecule has 8 heavy (non-hydrogen) atoms. The Bertz CT molecular complexity index is 116. The van der Waals surface area contributed by atoms with Crippen molar-refractivity contribution in [3.63, 3.8) is 0 Å². The van der Waals surface area contributed by atoms with E-state index >= 15 is 0 Å². The molecule has 0 N–H and O–H groups in total. The lowest BCUT2D eigenvalue weighted by atomic mass is 10.6. The minimum atomic E-state index is -0.985. The Balaban J connectivity index is 2.49. The van der Waals surface area contributed by atoms with Crippen molar-refractivity contribution in [1.82, 2.24) is 0 Å². The molecule has 0 fully saturated rings. The molecule has 0 saturated carbocycles. The van der Waals surface area contributed by atoms with E-state index in [1.807, 2.05) is 12.2 Å². The maximum atomic E-state index is 5.61. The van der Waals surface area contributed by atoms with E-state index in [4.69, 9.17) is 23.2 Å². The maximum absolute atomic E-state index is 5.61. The average Bonchev–Trinajstić information content (AvgIpc) is 2.12. The highest BCUT2D eigenvalue weighted by Crippen LogP contribution is 2.12. The highest BCUT2D eigenvalue weighted by atomic mass is 35.5. The van der Waals surface area contributed by atoms with Gasteiger partial charge in [-0.3, -0.25) is 0 Å². The van der Waals surface area contributed by atoms with E-state index < -0.39 is 8.80 Å². The van der Waals surface area contributed by atoms with Gasteiger partial charge in [-0.15, -0.1) is 23.2 Å². The molecular weight excluding hydrogens is 159 g/mol. The monoisotopic (exact) mass is 164 g/mol. The van der Waals surface area contributed by atoms with Crippen molar-refractivity contribution in [2.75, 3.05) is 0 Å². The van der Waals surface area contributed by atoms with Gasteiger partial charge >= 0.3 is 0 Å². The molecule has 0 aromatic heterocycles. The maximum Gasteiger partial charge on any atom is 0.123 e. The highest BCUT2D eigenvalue weighted by molar-refractivity contribution is 6.86. The predicted molar refractivity (Wildman–Crippen MR) is 40.9 cm³/mol. The minimum Gasteiger partial charge on any atom is -0.109 e. The molecule has 1 rings (SSSR count). The molecule has 0 atom stereocenters. The SMILES string of the molecule is ClC(Cl)[SiH]1C=CC=C1. The van der Waals surface area contributed by atoms with E-state index in [1.165, 1.54) is 0 Å². The molecule has 0 aliphatic carbocycles. The summed E-state index contributed by atoms with van der Waals surface area (Å²) in [6, 6.07) is 0. The third kappa shape index (κ3) is 1.37. The third-order valence-electron chi connectivity index (χ3n) is 1.07. The molecule has 1 aliphatic rings. The van der Waals surface area contributed by atoms with Crippen molar-refractivity contribution in [3.05, 3.63) is 23.6 Å². The van der Waals surface area contributed by atoms with E-state index in [1.54, 1.807) is 0 Å². The minimum absolute atomic E-state index is 0.148. The molecule has 1 aliphatic heterocycles. The van der Waals surface area contributed by atoms with Crippen LogP contribution in [-0.2, 0) is 0 Å². The first-order valence-electron chi connectivity index (χ1n) is 2.44. The molecule has 0 aromatic carbocycles. The van der Waals surface area contributed by atoms with Crippen LogP contribution in [0.4, 0.5) is 0 Å². The van der Waals surface area contributed by atoms with Crippen molar-refractivity contribution >= 4 is 32.0 Å². The number of halogens is 2. The molecule has 0 nitrogen and oxygen atoms in total. The standard InChI is InChI=1S/C5H6Cl2Si/c6-5(7)8-3-1-2-4-8/h1-5,8H. The van der Waals surface area contributed by atoms with Crippen molar-refractivity contribution in [1.29, 1.82) is 0 Å². The summed E-state index contributed by atoms with van der Waals surface area (Å²) in [6.07, 6.45) is 4.02. The molecule has 0 spiro atoms. The summed E-state index contributed by atoms with van der Waals surface area (Å²) >= 11 is 11.2. The summed E-state index contributed by atoms with van der Waals surface area (Å²) < 4.78 is -0.148. The van der Waals surface area contributed by atoms with Crippen LogP contribution in [0.5, 0.6) is 0 Å². The van der Waals surface area contributed by atoms with Crippen LogP contribution in [0, 0.1) is 0 Å². The van der Waals surface area contributed by atoms with Gasteiger partial charge in [0, 0.05) is 0 Å². The Morgan fingerprint density at radius 3 is 1.88 bits per heavy atom. The first kappa shape index (κ1) is 6.40. The second-order valence-corrected chi connectivity index (χ2v) is 6.28. The molecular formula is C5H6Cl2Si.